The first-order valence-electron chi connectivity index (χ1n) is 12.8. The van der Waals surface area contributed by atoms with Crippen molar-refractivity contribution in [3.63, 3.8) is 0 Å². The highest BCUT2D eigenvalue weighted by Crippen LogP contribution is 2.29. The van der Waals surface area contributed by atoms with Crippen molar-refractivity contribution in [2.75, 3.05) is 26.2 Å². The second-order valence-electron chi connectivity index (χ2n) is 10.7. The van der Waals surface area contributed by atoms with Gasteiger partial charge in [-0.1, -0.05) is 19.3 Å². The highest BCUT2D eigenvalue weighted by molar-refractivity contribution is 5.70. The maximum Gasteiger partial charge on any atom is 0.306 e. The zero-order valence-electron chi connectivity index (χ0n) is 20.5. The summed E-state index contributed by atoms with van der Waals surface area (Å²) < 4.78 is 11.6. The van der Waals surface area contributed by atoms with Crippen LogP contribution < -0.4 is 10.6 Å². The molecule has 0 spiro atoms. The Morgan fingerprint density at radius 1 is 0.645 bits per heavy atom. The molecule has 0 bridgehead atoms. The van der Waals surface area contributed by atoms with Gasteiger partial charge in [-0.15, -0.1) is 0 Å². The number of esters is 2. The molecule has 0 aromatic heterocycles. The molecule has 2 aliphatic rings. The lowest BCUT2D eigenvalue weighted by atomic mass is 9.83. The molecule has 2 aliphatic heterocycles. The number of piperidine rings is 2. The molecule has 0 saturated carbocycles. The number of unbranched alkanes of at least 4 members (excludes halogenated alkanes) is 4. The summed E-state index contributed by atoms with van der Waals surface area (Å²) >= 11 is 0. The molecule has 2 rings (SSSR count). The molecule has 2 fully saturated rings. The molecule has 0 radical (unpaired) electrons. The summed E-state index contributed by atoms with van der Waals surface area (Å²) in [5.41, 5.74) is -0.704. The second-order valence-corrected chi connectivity index (χ2v) is 10.7. The van der Waals surface area contributed by atoms with Gasteiger partial charge in [0.05, 0.1) is 26.2 Å². The quantitative estimate of drug-likeness (QED) is 0.360. The first-order valence-corrected chi connectivity index (χ1v) is 12.8. The Morgan fingerprint density at radius 2 is 0.968 bits per heavy atom. The minimum atomic E-state index is -0.352. The maximum absolute atomic E-state index is 12.2. The third kappa shape index (κ3) is 9.48. The van der Waals surface area contributed by atoms with E-state index in [4.69, 9.17) is 9.47 Å². The van der Waals surface area contributed by atoms with Crippen LogP contribution in [0.5, 0.6) is 0 Å². The molecule has 0 atom stereocenters. The van der Waals surface area contributed by atoms with Gasteiger partial charge in [-0.25, -0.2) is 0 Å². The van der Waals surface area contributed by atoms with E-state index in [1.807, 2.05) is 0 Å². The van der Waals surface area contributed by atoms with Gasteiger partial charge in [0.2, 0.25) is 0 Å². The molecule has 2 saturated heterocycles. The number of nitrogens with two attached hydrogens (primary N) is 2. The lowest BCUT2D eigenvalue weighted by Gasteiger charge is -2.35. The molecular formula is C25H48N2O4+2. The van der Waals surface area contributed by atoms with Gasteiger partial charge in [-0.3, -0.25) is 9.59 Å². The monoisotopic (exact) mass is 440 g/mol. The summed E-state index contributed by atoms with van der Waals surface area (Å²) in [5, 5.41) is 4.68. The fraction of sp³-hybridized carbons (Fsp3) is 0.920. The van der Waals surface area contributed by atoms with Gasteiger partial charge in [0.1, 0.15) is 11.2 Å². The van der Waals surface area contributed by atoms with Crippen LogP contribution >= 0.6 is 0 Å². The second kappa shape index (κ2) is 12.8. The Morgan fingerprint density at radius 3 is 1.32 bits per heavy atom. The van der Waals surface area contributed by atoms with Crippen molar-refractivity contribution in [1.29, 1.82) is 0 Å². The Kier molecular flexibility index (Phi) is 10.8. The van der Waals surface area contributed by atoms with Crippen LogP contribution in [0.2, 0.25) is 0 Å². The van der Waals surface area contributed by atoms with Crippen molar-refractivity contribution >= 4 is 11.9 Å². The first-order chi connectivity index (χ1) is 14.7. The molecular weight excluding hydrogens is 392 g/mol. The van der Waals surface area contributed by atoms with E-state index in [0.29, 0.717) is 24.7 Å². The molecule has 0 aliphatic carbocycles. The van der Waals surface area contributed by atoms with E-state index in [2.05, 4.69) is 38.3 Å². The average Bonchev–Trinajstić information content (AvgIpc) is 2.73. The first kappa shape index (κ1) is 26.1. The van der Waals surface area contributed by atoms with Crippen LogP contribution in [-0.2, 0) is 19.1 Å². The van der Waals surface area contributed by atoms with Crippen LogP contribution in [0.1, 0.15) is 98.3 Å². The molecule has 0 aromatic rings. The van der Waals surface area contributed by atoms with E-state index in [9.17, 15) is 9.59 Å². The van der Waals surface area contributed by atoms with Gasteiger partial charge in [0.15, 0.2) is 0 Å². The number of carbonyl (C=O) groups is 2. The smallest absolute Gasteiger partial charge is 0.306 e. The maximum atomic E-state index is 12.2. The van der Waals surface area contributed by atoms with Gasteiger partial charge in [0.25, 0.3) is 0 Å². The minimum absolute atomic E-state index is 0.0642. The third-order valence-corrected chi connectivity index (χ3v) is 7.36. The van der Waals surface area contributed by atoms with E-state index >= 15 is 0 Å². The van der Waals surface area contributed by atoms with E-state index in [0.717, 1.165) is 84.0 Å². The lowest BCUT2D eigenvalue weighted by molar-refractivity contribution is -0.666. The zero-order valence-corrected chi connectivity index (χ0v) is 20.5. The number of hydrogen-bond acceptors (Lipinski definition) is 4. The third-order valence-electron chi connectivity index (χ3n) is 7.36. The van der Waals surface area contributed by atoms with Gasteiger partial charge in [-0.2, -0.15) is 0 Å². The summed E-state index contributed by atoms with van der Waals surface area (Å²) in [6.45, 7) is 12.8. The summed E-state index contributed by atoms with van der Waals surface area (Å²) in [6, 6.07) is 0. The van der Waals surface area contributed by atoms with Gasteiger partial charge < -0.3 is 20.1 Å². The largest absolute Gasteiger partial charge is 0.459 e. The van der Waals surface area contributed by atoms with Crippen molar-refractivity contribution in [2.45, 2.75) is 110 Å². The van der Waals surface area contributed by atoms with Crippen molar-refractivity contribution in [2.24, 2.45) is 11.8 Å². The molecule has 4 N–H and O–H groups in total. The van der Waals surface area contributed by atoms with Gasteiger partial charge in [-0.05, 0) is 40.5 Å². The summed E-state index contributed by atoms with van der Waals surface area (Å²) in [7, 11) is 0. The molecule has 0 aromatic carbocycles. The van der Waals surface area contributed by atoms with Crippen molar-refractivity contribution in [3.8, 4) is 0 Å². The molecule has 6 nitrogen and oxygen atoms in total. The summed E-state index contributed by atoms with van der Waals surface area (Å²) in [5.74, 6) is 0.821. The average molecular weight is 441 g/mol. The zero-order chi connectivity index (χ0) is 22.7. The predicted molar refractivity (Wildman–Crippen MR) is 121 cm³/mol. The normalized spacial score (nSPS) is 19.2. The standard InChI is InChI=1S/C25H46N2O4/c1-24(2,20-12-16-26-17-13-20)30-22(28)10-8-6-5-7-9-11-23(29)31-25(3,4)21-14-18-27-19-15-21/h20-21,26-27H,5-19H2,1-4H3/p+2. The molecule has 2 heterocycles. The van der Waals surface area contributed by atoms with Crippen molar-refractivity contribution < 1.29 is 29.7 Å². The van der Waals surface area contributed by atoms with Crippen molar-refractivity contribution in [3.05, 3.63) is 0 Å². The fourth-order valence-electron chi connectivity index (χ4n) is 5.17. The number of rotatable bonds is 12. The van der Waals surface area contributed by atoms with E-state index in [1.165, 1.54) is 0 Å². The SMILES string of the molecule is CC(C)(OC(=O)CCCCCCCC(=O)OC(C)(C)C1CC[NH2+]CC1)C1CC[NH2+]CC1. The van der Waals surface area contributed by atoms with Crippen LogP contribution in [0.3, 0.4) is 0 Å². The molecule has 180 valence electrons. The Labute approximate surface area is 189 Å². The van der Waals surface area contributed by atoms with E-state index in [-0.39, 0.29) is 23.1 Å². The minimum Gasteiger partial charge on any atom is -0.459 e. The van der Waals surface area contributed by atoms with Gasteiger partial charge in [0, 0.05) is 50.4 Å². The number of quaternary nitrogens is 2. The topological polar surface area (TPSA) is 85.8 Å². The Bertz CT molecular complexity index is 502. The van der Waals surface area contributed by atoms with Gasteiger partial charge >= 0.3 is 11.9 Å². The van der Waals surface area contributed by atoms with Crippen LogP contribution in [-0.4, -0.2) is 49.3 Å². The summed E-state index contributed by atoms with van der Waals surface area (Å²) in [6.07, 6.45) is 10.3. The van der Waals surface area contributed by atoms with Crippen LogP contribution in [0.4, 0.5) is 0 Å². The lowest BCUT2D eigenvalue weighted by Crippen LogP contribution is -2.86. The number of carbonyl (C=O) groups excluding carboxylic acids is 2. The molecule has 0 amide bonds. The Balaban J connectivity index is 1.51. The number of hydrogen-bond donors (Lipinski definition) is 2. The van der Waals surface area contributed by atoms with Crippen LogP contribution in [0, 0.1) is 11.8 Å². The Hall–Kier alpha value is -1.14. The van der Waals surface area contributed by atoms with E-state index in [1.54, 1.807) is 0 Å². The highest BCUT2D eigenvalue weighted by Gasteiger charge is 2.36. The number of ether oxygens (including phenoxy) is 2. The molecule has 6 heteroatoms. The fourth-order valence-corrected chi connectivity index (χ4v) is 5.17. The van der Waals surface area contributed by atoms with Crippen LogP contribution in [0.15, 0.2) is 0 Å². The van der Waals surface area contributed by atoms with Crippen molar-refractivity contribution in [1.82, 2.24) is 0 Å². The van der Waals surface area contributed by atoms with Crippen LogP contribution in [0.25, 0.3) is 0 Å². The highest BCUT2D eigenvalue weighted by atomic mass is 16.6. The molecule has 0 unspecified atom stereocenters. The van der Waals surface area contributed by atoms with E-state index < -0.39 is 0 Å². The predicted octanol–water partition coefficient (Wildman–Crippen LogP) is 2.31. The summed E-state index contributed by atoms with van der Waals surface area (Å²) in [4.78, 5) is 24.5. The molecule has 31 heavy (non-hydrogen) atoms.